The summed E-state index contributed by atoms with van der Waals surface area (Å²) >= 11 is 0. The average molecular weight is 370 g/mol. The van der Waals surface area contributed by atoms with Crippen LogP contribution in [0.4, 0.5) is 0 Å². The highest BCUT2D eigenvalue weighted by Crippen LogP contribution is 2.40. The lowest BCUT2D eigenvalue weighted by molar-refractivity contribution is -0.931. The Morgan fingerprint density at radius 3 is 2.27 bits per heavy atom. The molecule has 1 aromatic carbocycles. The van der Waals surface area contributed by atoms with E-state index >= 15 is 0 Å². The van der Waals surface area contributed by atoms with Crippen LogP contribution in [0.15, 0.2) is 30.3 Å². The Morgan fingerprint density at radius 2 is 1.73 bits per heavy atom. The number of hydrogen-bond acceptors (Lipinski definition) is 3. The summed E-state index contributed by atoms with van der Waals surface area (Å²) in [7, 11) is 4.55. The number of carbonyl (C=O) groups excluding carboxylic acids is 1. The first-order chi connectivity index (χ1) is 9.98. The molecule has 0 spiro atoms. The molecule has 0 amide bonds. The van der Waals surface area contributed by atoms with Gasteiger partial charge < -0.3 is 31.3 Å². The van der Waals surface area contributed by atoms with E-state index in [0.29, 0.717) is 17.6 Å². The molecule has 2 aliphatic rings. The maximum Gasteiger partial charge on any atom is 0.339 e. The zero-order valence-electron chi connectivity index (χ0n) is 13.1. The van der Waals surface area contributed by atoms with E-state index in [-0.39, 0.29) is 23.1 Å². The molecule has 4 nitrogen and oxygen atoms in total. The minimum Gasteiger partial charge on any atom is -1.00 e. The van der Waals surface area contributed by atoms with Crippen LogP contribution in [0.25, 0.3) is 0 Å². The molecule has 0 aliphatic carbocycles. The molecule has 0 aromatic heterocycles. The van der Waals surface area contributed by atoms with Gasteiger partial charge in [0, 0.05) is 25.7 Å². The fourth-order valence-electron chi connectivity index (χ4n) is 3.93. The molecule has 1 N–H and O–H groups in total. The fraction of sp³-hybridized carbons (Fsp3) is 0.588. The minimum absolute atomic E-state index is 0. The van der Waals surface area contributed by atoms with Gasteiger partial charge in [-0.25, -0.2) is 4.79 Å². The monoisotopic (exact) mass is 369 g/mol. The Hall–Kier alpha value is -0.910. The van der Waals surface area contributed by atoms with E-state index in [4.69, 9.17) is 4.74 Å². The van der Waals surface area contributed by atoms with Crippen molar-refractivity contribution in [3.05, 3.63) is 35.9 Å². The van der Waals surface area contributed by atoms with Gasteiger partial charge in [-0.2, -0.15) is 0 Å². The molecule has 0 saturated carbocycles. The number of nitrogens with zero attached hydrogens (tertiary/aromatic N) is 1. The quantitative estimate of drug-likeness (QED) is 0.551. The highest BCUT2D eigenvalue weighted by molar-refractivity contribution is 5.76. The third kappa shape index (κ3) is 3.21. The van der Waals surface area contributed by atoms with E-state index < -0.39 is 12.1 Å². The molecule has 2 saturated heterocycles. The van der Waals surface area contributed by atoms with Crippen LogP contribution in [0.1, 0.15) is 37.4 Å². The summed E-state index contributed by atoms with van der Waals surface area (Å²) in [6, 6.07) is 10.1. The number of piperidine rings is 1. The zero-order chi connectivity index (χ0) is 15.0. The Balaban J connectivity index is 0.00000176. The number of fused-ring (bicyclic) bond motifs is 2. The van der Waals surface area contributed by atoms with Crippen LogP contribution in [-0.4, -0.2) is 47.8 Å². The van der Waals surface area contributed by atoms with Crippen LogP contribution in [-0.2, 0) is 9.53 Å². The molecule has 4 atom stereocenters. The van der Waals surface area contributed by atoms with Crippen molar-refractivity contribution in [3.63, 3.8) is 0 Å². The van der Waals surface area contributed by atoms with Crippen LogP contribution in [0, 0.1) is 0 Å². The third-order valence-electron chi connectivity index (χ3n) is 5.41. The highest BCUT2D eigenvalue weighted by atomic mass is 79.9. The van der Waals surface area contributed by atoms with Gasteiger partial charge in [0.25, 0.3) is 0 Å². The molecule has 2 bridgehead atoms. The van der Waals surface area contributed by atoms with Gasteiger partial charge in [-0.1, -0.05) is 30.3 Å². The number of ether oxygens (including phenoxy) is 1. The van der Waals surface area contributed by atoms with Crippen molar-refractivity contribution in [1.29, 1.82) is 0 Å². The number of carbonyl (C=O) groups is 1. The predicted molar refractivity (Wildman–Crippen MR) is 79.4 cm³/mol. The lowest BCUT2D eigenvalue weighted by Gasteiger charge is -2.43. The second-order valence-corrected chi connectivity index (χ2v) is 6.86. The van der Waals surface area contributed by atoms with E-state index in [1.54, 1.807) is 12.1 Å². The van der Waals surface area contributed by atoms with Crippen LogP contribution >= 0.6 is 0 Å². The number of quaternary nitrogens is 1. The molecule has 22 heavy (non-hydrogen) atoms. The molecule has 2 fully saturated rings. The number of benzene rings is 1. The van der Waals surface area contributed by atoms with Crippen molar-refractivity contribution >= 4 is 5.97 Å². The number of rotatable bonds is 3. The highest BCUT2D eigenvalue weighted by Gasteiger charge is 2.50. The third-order valence-corrected chi connectivity index (χ3v) is 5.41. The Kier molecular flexibility index (Phi) is 5.30. The van der Waals surface area contributed by atoms with Gasteiger partial charge in [0.1, 0.15) is 6.10 Å². The van der Waals surface area contributed by atoms with Gasteiger partial charge in [-0.3, -0.25) is 0 Å². The Bertz CT molecular complexity index is 504. The number of aliphatic hydroxyl groups is 1. The van der Waals surface area contributed by atoms with Gasteiger partial charge in [-0.05, 0) is 5.56 Å². The molecule has 1 unspecified atom stereocenters. The second kappa shape index (κ2) is 6.69. The summed E-state index contributed by atoms with van der Waals surface area (Å²) in [6.07, 6.45) is 3.04. The van der Waals surface area contributed by atoms with Crippen LogP contribution < -0.4 is 17.0 Å². The number of hydrogen-bond donors (Lipinski definition) is 1. The van der Waals surface area contributed by atoms with Crippen LogP contribution in [0.2, 0.25) is 0 Å². The molecular formula is C17H24BrNO3. The van der Waals surface area contributed by atoms with Crippen molar-refractivity contribution < 1.29 is 36.1 Å². The molecule has 2 heterocycles. The van der Waals surface area contributed by atoms with Gasteiger partial charge in [0.05, 0.1) is 26.2 Å². The number of esters is 1. The molecule has 122 valence electrons. The molecule has 0 radical (unpaired) electrons. The molecule has 5 heteroatoms. The van der Waals surface area contributed by atoms with E-state index in [0.717, 1.165) is 17.3 Å². The largest absolute Gasteiger partial charge is 1.00 e. The smallest absolute Gasteiger partial charge is 0.339 e. The van der Waals surface area contributed by atoms with Crippen molar-refractivity contribution in [2.75, 3.05) is 14.1 Å². The average Bonchev–Trinajstić information content (AvgIpc) is 2.67. The van der Waals surface area contributed by atoms with E-state index in [1.165, 1.54) is 12.8 Å². The Labute approximate surface area is 142 Å². The summed E-state index contributed by atoms with van der Waals surface area (Å²) in [5.41, 5.74) is 0.595. The van der Waals surface area contributed by atoms with Crippen molar-refractivity contribution in [2.45, 2.75) is 50.0 Å². The van der Waals surface area contributed by atoms with Crippen molar-refractivity contribution in [1.82, 2.24) is 0 Å². The summed E-state index contributed by atoms with van der Waals surface area (Å²) in [6.45, 7) is 0. The fourth-order valence-corrected chi connectivity index (χ4v) is 3.93. The first kappa shape index (κ1) is 17.4. The molecule has 1 aromatic rings. The maximum absolute atomic E-state index is 12.1. The van der Waals surface area contributed by atoms with Gasteiger partial charge in [0.2, 0.25) is 0 Å². The van der Waals surface area contributed by atoms with Crippen molar-refractivity contribution in [3.8, 4) is 0 Å². The van der Waals surface area contributed by atoms with E-state index in [1.807, 2.05) is 18.2 Å². The number of aliphatic hydroxyl groups excluding tert-OH is 1. The van der Waals surface area contributed by atoms with Gasteiger partial charge in [0.15, 0.2) is 6.10 Å². The van der Waals surface area contributed by atoms with E-state index in [2.05, 4.69) is 14.1 Å². The maximum atomic E-state index is 12.1. The first-order valence-corrected chi connectivity index (χ1v) is 7.75. The lowest BCUT2D eigenvalue weighted by atomic mass is 9.97. The normalized spacial score (nSPS) is 30.2. The minimum atomic E-state index is -1.17. The van der Waals surface area contributed by atoms with Gasteiger partial charge >= 0.3 is 5.97 Å². The molecular weight excluding hydrogens is 346 g/mol. The molecule has 2 aliphatic heterocycles. The van der Waals surface area contributed by atoms with Gasteiger partial charge in [-0.15, -0.1) is 0 Å². The second-order valence-electron chi connectivity index (χ2n) is 6.86. The van der Waals surface area contributed by atoms with Crippen LogP contribution in [0.5, 0.6) is 0 Å². The van der Waals surface area contributed by atoms with E-state index in [9.17, 15) is 9.90 Å². The standard InChI is InChI=1S/C17H24NO3.BrH/c1-18(2)13-8-9-14(18)11-15(10-13)21-17(20)16(19)12-6-4-3-5-7-12;/h3-7,13-16,19H,8-11H2,1-2H3;1H/q+1;/p-1/t13-,14+,15+,16?;. The number of halogens is 1. The summed E-state index contributed by atoms with van der Waals surface area (Å²) in [5.74, 6) is -0.516. The Morgan fingerprint density at radius 1 is 1.18 bits per heavy atom. The summed E-state index contributed by atoms with van der Waals surface area (Å²) < 4.78 is 6.63. The predicted octanol–water partition coefficient (Wildman–Crippen LogP) is -0.963. The lowest BCUT2D eigenvalue weighted by Crippen LogP contribution is -3.00. The summed E-state index contributed by atoms with van der Waals surface area (Å²) in [5, 5.41) is 10.1. The first-order valence-electron chi connectivity index (χ1n) is 7.75. The summed E-state index contributed by atoms with van der Waals surface area (Å²) in [4.78, 5) is 12.1. The SMILES string of the molecule is C[N+]1(C)[C@@H]2CC[C@H]1C[C@@H](OC(=O)C(O)c1ccccc1)C2.[Br-]. The van der Waals surface area contributed by atoms with Crippen LogP contribution in [0.3, 0.4) is 0 Å². The van der Waals surface area contributed by atoms with Crippen molar-refractivity contribution in [2.24, 2.45) is 0 Å². The molecule has 3 rings (SSSR count). The zero-order valence-corrected chi connectivity index (χ0v) is 14.7. The topological polar surface area (TPSA) is 46.5 Å².